The quantitative estimate of drug-likeness (QED) is 0.476. The maximum Gasteiger partial charge on any atom is 0.324 e. The van der Waals surface area contributed by atoms with Crippen LogP contribution in [0.4, 0.5) is 10.7 Å². The van der Waals surface area contributed by atoms with E-state index < -0.39 is 4.92 Å². The molecule has 0 fully saturated rings. The van der Waals surface area contributed by atoms with Gasteiger partial charge in [-0.2, -0.15) is 5.10 Å². The largest absolute Gasteiger partial charge is 0.324 e. The minimum absolute atomic E-state index is 0.0500. The topological polar surface area (TPSA) is 67.5 Å². The molecule has 20 heavy (non-hydrogen) atoms. The molecule has 0 aliphatic carbocycles. The zero-order chi connectivity index (χ0) is 14.7. The minimum atomic E-state index is -0.456. The summed E-state index contributed by atoms with van der Waals surface area (Å²) in [6, 6.07) is 6.07. The number of thiophene rings is 1. The highest BCUT2D eigenvalue weighted by molar-refractivity contribution is 7.16. The van der Waals surface area contributed by atoms with E-state index >= 15 is 0 Å². The molecule has 1 aromatic heterocycles. The summed E-state index contributed by atoms with van der Waals surface area (Å²) in [7, 11) is 0. The lowest BCUT2D eigenvalue weighted by atomic mass is 10.3. The van der Waals surface area contributed by atoms with Gasteiger partial charge in [0, 0.05) is 11.1 Å². The predicted molar refractivity (Wildman–Crippen MR) is 83.7 cm³/mol. The van der Waals surface area contributed by atoms with Gasteiger partial charge in [0.2, 0.25) is 0 Å². The molecule has 0 aliphatic heterocycles. The molecule has 0 saturated carbocycles. The summed E-state index contributed by atoms with van der Waals surface area (Å²) in [6.07, 6.45) is 1.44. The number of hydrogen-bond acceptors (Lipinski definition) is 5. The number of rotatable bonds is 4. The molecule has 0 amide bonds. The van der Waals surface area contributed by atoms with E-state index in [-0.39, 0.29) is 5.00 Å². The van der Waals surface area contributed by atoms with Gasteiger partial charge in [-0.1, -0.05) is 46.1 Å². The minimum Gasteiger partial charge on any atom is -0.275 e. The first-order chi connectivity index (χ1) is 9.47. The molecule has 1 N–H and O–H groups in total. The molecule has 0 unspecified atom stereocenters. The Bertz CT molecular complexity index is 664. The molecule has 0 radical (unpaired) electrons. The van der Waals surface area contributed by atoms with Crippen molar-refractivity contribution in [1.29, 1.82) is 0 Å². The average molecular weight is 351 g/mol. The number of nitrogens with zero attached hydrogens (tertiary/aromatic N) is 2. The highest BCUT2D eigenvalue weighted by Crippen LogP contribution is 2.33. The zero-order valence-electron chi connectivity index (χ0n) is 9.64. The fourth-order valence-electron chi connectivity index (χ4n) is 1.32. The van der Waals surface area contributed by atoms with Crippen LogP contribution in [0.15, 0.2) is 29.4 Å². The van der Waals surface area contributed by atoms with E-state index in [2.05, 4.69) is 10.5 Å². The number of halogens is 3. The second-order valence-corrected chi connectivity index (χ2v) is 5.89. The van der Waals surface area contributed by atoms with Crippen LogP contribution in [0.2, 0.25) is 15.1 Å². The fourth-order valence-corrected chi connectivity index (χ4v) is 2.91. The molecule has 0 saturated heterocycles. The van der Waals surface area contributed by atoms with E-state index in [4.69, 9.17) is 34.8 Å². The van der Waals surface area contributed by atoms with Crippen LogP contribution in [0, 0.1) is 10.1 Å². The first-order valence-corrected chi connectivity index (χ1v) is 7.10. The Hall–Kier alpha value is -1.34. The number of benzene rings is 1. The predicted octanol–water partition coefficient (Wildman–Crippen LogP) is 5.06. The van der Waals surface area contributed by atoms with Crippen molar-refractivity contribution in [1.82, 2.24) is 0 Å². The zero-order valence-corrected chi connectivity index (χ0v) is 12.7. The van der Waals surface area contributed by atoms with Crippen molar-refractivity contribution in [2.24, 2.45) is 5.10 Å². The third-order valence-corrected chi connectivity index (χ3v) is 3.95. The summed E-state index contributed by atoms with van der Waals surface area (Å²) in [5.74, 6) is 0. The Morgan fingerprint density at radius 2 is 1.90 bits per heavy atom. The van der Waals surface area contributed by atoms with Gasteiger partial charge in [0.25, 0.3) is 0 Å². The molecule has 2 rings (SSSR count). The van der Waals surface area contributed by atoms with Crippen molar-refractivity contribution < 1.29 is 4.92 Å². The summed E-state index contributed by atoms with van der Waals surface area (Å²) < 4.78 is 0. The summed E-state index contributed by atoms with van der Waals surface area (Å²) in [4.78, 5) is 10.7. The van der Waals surface area contributed by atoms with Gasteiger partial charge in [-0.15, -0.1) is 0 Å². The lowest BCUT2D eigenvalue weighted by Gasteiger charge is -2.05. The van der Waals surface area contributed by atoms with E-state index in [0.29, 0.717) is 25.6 Å². The number of anilines is 1. The third-order valence-electron chi connectivity index (χ3n) is 2.17. The fraction of sp³-hybridized carbons (Fsp3) is 0. The van der Waals surface area contributed by atoms with E-state index in [1.165, 1.54) is 24.4 Å². The summed E-state index contributed by atoms with van der Waals surface area (Å²) in [5.41, 5.74) is 3.10. The molecule has 0 aliphatic rings. The average Bonchev–Trinajstić information content (AvgIpc) is 2.81. The van der Waals surface area contributed by atoms with Gasteiger partial charge in [0.05, 0.1) is 31.7 Å². The highest BCUT2D eigenvalue weighted by atomic mass is 35.5. The van der Waals surface area contributed by atoms with Gasteiger partial charge in [-0.05, 0) is 18.2 Å². The van der Waals surface area contributed by atoms with E-state index in [0.717, 1.165) is 11.3 Å². The first-order valence-electron chi connectivity index (χ1n) is 5.15. The molecule has 0 spiro atoms. The first kappa shape index (κ1) is 15.1. The van der Waals surface area contributed by atoms with Gasteiger partial charge in [-0.25, -0.2) is 0 Å². The number of hydrogen-bond donors (Lipinski definition) is 1. The van der Waals surface area contributed by atoms with E-state index in [1.54, 1.807) is 6.07 Å². The molecule has 0 bridgehead atoms. The van der Waals surface area contributed by atoms with Gasteiger partial charge >= 0.3 is 5.00 Å². The van der Waals surface area contributed by atoms with E-state index in [1.807, 2.05) is 0 Å². The van der Waals surface area contributed by atoms with Gasteiger partial charge in [0.15, 0.2) is 0 Å². The van der Waals surface area contributed by atoms with Gasteiger partial charge < -0.3 is 0 Å². The second kappa shape index (κ2) is 6.41. The van der Waals surface area contributed by atoms with Crippen molar-refractivity contribution in [2.45, 2.75) is 0 Å². The van der Waals surface area contributed by atoms with Crippen LogP contribution >= 0.6 is 46.1 Å². The maximum atomic E-state index is 10.5. The lowest BCUT2D eigenvalue weighted by Crippen LogP contribution is -1.91. The second-order valence-electron chi connectivity index (χ2n) is 3.55. The molecular weight excluding hydrogens is 345 g/mol. The van der Waals surface area contributed by atoms with E-state index in [9.17, 15) is 10.1 Å². The Morgan fingerprint density at radius 3 is 2.45 bits per heavy atom. The molecule has 2 aromatic rings. The Morgan fingerprint density at radius 1 is 1.25 bits per heavy atom. The molecule has 9 heteroatoms. The van der Waals surface area contributed by atoms with Crippen molar-refractivity contribution in [3.8, 4) is 0 Å². The summed E-state index contributed by atoms with van der Waals surface area (Å²) >= 11 is 18.7. The standard InChI is InChI=1S/C11H6Cl3N3O2S/c12-6-3-8(13)11(9(14)4-6)16-15-5-7-1-2-10(20-7)17(18)19/h1-5,16H/b15-5+. The molecule has 1 aromatic carbocycles. The Kier molecular flexibility index (Phi) is 4.82. The van der Waals surface area contributed by atoms with Crippen LogP contribution in [0.3, 0.4) is 0 Å². The lowest BCUT2D eigenvalue weighted by molar-refractivity contribution is -0.380. The number of hydrazone groups is 1. The normalized spacial score (nSPS) is 10.9. The van der Waals surface area contributed by atoms with Crippen LogP contribution in [-0.2, 0) is 0 Å². The third kappa shape index (κ3) is 3.61. The van der Waals surface area contributed by atoms with Crippen LogP contribution < -0.4 is 5.43 Å². The molecule has 104 valence electrons. The highest BCUT2D eigenvalue weighted by Gasteiger charge is 2.09. The maximum absolute atomic E-state index is 10.5. The van der Waals surface area contributed by atoms with Gasteiger partial charge in [-0.3, -0.25) is 15.5 Å². The number of nitro groups is 1. The monoisotopic (exact) mass is 349 g/mol. The summed E-state index contributed by atoms with van der Waals surface area (Å²) in [6.45, 7) is 0. The Labute approximate surface area is 132 Å². The van der Waals surface area contributed by atoms with Crippen LogP contribution in [-0.4, -0.2) is 11.1 Å². The molecule has 1 heterocycles. The van der Waals surface area contributed by atoms with Crippen molar-refractivity contribution in [3.05, 3.63) is 54.3 Å². The summed E-state index contributed by atoms with van der Waals surface area (Å²) in [5, 5.41) is 15.6. The smallest absolute Gasteiger partial charge is 0.275 e. The number of nitrogens with one attached hydrogen (secondary N) is 1. The van der Waals surface area contributed by atoms with Crippen LogP contribution in [0.5, 0.6) is 0 Å². The van der Waals surface area contributed by atoms with Crippen molar-refractivity contribution >= 4 is 63.0 Å². The SMILES string of the molecule is O=[N+]([O-])c1ccc(/C=N/Nc2c(Cl)cc(Cl)cc2Cl)s1. The molecule has 5 nitrogen and oxygen atoms in total. The Balaban J connectivity index is 2.12. The van der Waals surface area contributed by atoms with Crippen molar-refractivity contribution in [3.63, 3.8) is 0 Å². The van der Waals surface area contributed by atoms with Gasteiger partial charge in [0.1, 0.15) is 0 Å². The van der Waals surface area contributed by atoms with Crippen molar-refractivity contribution in [2.75, 3.05) is 5.43 Å². The van der Waals surface area contributed by atoms with Crippen LogP contribution in [0.25, 0.3) is 0 Å². The molecular formula is C11H6Cl3N3O2S. The van der Waals surface area contributed by atoms with Crippen LogP contribution in [0.1, 0.15) is 4.88 Å². The molecule has 0 atom stereocenters.